The van der Waals surface area contributed by atoms with Gasteiger partial charge >= 0.3 is 37.9 Å². The molecule has 0 radical (unpaired) electrons. The molecule has 2 aromatic carbocycles. The number of hydrogen-bond donors (Lipinski definition) is 2. The molecule has 0 aliphatic rings. The van der Waals surface area contributed by atoms with Gasteiger partial charge in [-0.1, -0.05) is 107 Å². The number of aromatic hydroxyl groups is 2. The van der Waals surface area contributed by atoms with Gasteiger partial charge in [0.05, 0.1) is 0 Å². The summed E-state index contributed by atoms with van der Waals surface area (Å²) in [6.07, 6.45) is 0. The molecule has 2 N–H and O–H groups in total. The monoisotopic (exact) mass is 684 g/mol. The molecular weight excluding hydrogens is 631 g/mol. The topological polar surface area (TPSA) is 46.9 Å². The Kier molecular flexibility index (Phi) is 14.0. The minimum atomic E-state index is -0.826. The van der Waals surface area contributed by atoms with Crippen molar-refractivity contribution in [2.45, 2.75) is 118 Å². The second kappa shape index (κ2) is 14.9. The number of rotatable bonds is 7. The molecule has 0 aromatic heterocycles. The van der Waals surface area contributed by atoms with Gasteiger partial charge in [0.1, 0.15) is 11.5 Å². The van der Waals surface area contributed by atoms with Crippen LogP contribution in [0.15, 0.2) is 24.3 Å². The first-order chi connectivity index (χ1) is 18.4. The van der Waals surface area contributed by atoms with Gasteiger partial charge in [0, 0.05) is 37.3 Å². The predicted molar refractivity (Wildman–Crippen MR) is 175 cm³/mol. The van der Waals surface area contributed by atoms with Crippen molar-refractivity contribution in [3.8, 4) is 11.5 Å². The van der Waals surface area contributed by atoms with E-state index in [1.165, 1.54) is 11.1 Å². The van der Waals surface area contributed by atoms with Crippen LogP contribution >= 0.6 is 17.0 Å². The first-order valence-electron chi connectivity index (χ1n) is 14.5. The van der Waals surface area contributed by atoms with Crippen molar-refractivity contribution in [2.75, 3.05) is 27.2 Å². The zero-order valence-electron chi connectivity index (χ0n) is 28.2. The van der Waals surface area contributed by atoms with Crippen LogP contribution < -0.4 is 0 Å². The molecule has 0 bridgehead atoms. The standard InChI is InChI=1S/C34H56N2O2.2ClH.Zr/c1-31(2,3)25-17-23(29(37)27(19-25)33(7,8)9)21-35(13)15-16-36(14)22-24-18-26(32(4,5)6)20-28(30(24)38)34(10,11)12;;;/h17-20,37-38H,15-16,21-22H2,1-14H3;2*1H;/q;;;+2/p-2. The fourth-order valence-corrected chi connectivity index (χ4v) is 4.72. The van der Waals surface area contributed by atoms with Gasteiger partial charge in [-0.3, -0.25) is 0 Å². The van der Waals surface area contributed by atoms with E-state index in [4.69, 9.17) is 17.0 Å². The SMILES string of the molecule is CN(CCN(C)Cc1cc(C(C)(C)C)cc(C(C)(C)C)c1O)Cc1cc(C(C)(C)C)cc(C(C)(C)C)c1O.[Cl][Zr][Cl]. The Morgan fingerprint density at radius 2 is 0.829 bits per heavy atom. The summed E-state index contributed by atoms with van der Waals surface area (Å²) in [6, 6.07) is 8.71. The van der Waals surface area contributed by atoms with Crippen molar-refractivity contribution in [1.29, 1.82) is 0 Å². The average Bonchev–Trinajstić information content (AvgIpc) is 2.77. The average molecular weight is 687 g/mol. The van der Waals surface area contributed by atoms with E-state index in [0.717, 1.165) is 35.3 Å². The molecule has 0 unspecified atom stereocenters. The second-order valence-electron chi connectivity index (χ2n) is 15.6. The van der Waals surface area contributed by atoms with E-state index in [1.54, 1.807) is 0 Å². The quantitative estimate of drug-likeness (QED) is 0.305. The number of halogens is 2. The van der Waals surface area contributed by atoms with Crippen LogP contribution in [0, 0.1) is 0 Å². The summed E-state index contributed by atoms with van der Waals surface area (Å²) in [7, 11) is 14.1. The molecule has 7 heteroatoms. The van der Waals surface area contributed by atoms with Crippen molar-refractivity contribution in [3.05, 3.63) is 57.6 Å². The number of phenols is 2. The Morgan fingerprint density at radius 1 is 0.561 bits per heavy atom. The Balaban J connectivity index is 0.00000268. The number of likely N-dealkylation sites (N-methyl/N-ethyl adjacent to an activating group) is 2. The molecule has 0 saturated heterocycles. The number of nitrogens with zero attached hydrogens (tertiary/aromatic N) is 2. The van der Waals surface area contributed by atoms with Gasteiger partial charge in [0.2, 0.25) is 0 Å². The van der Waals surface area contributed by atoms with Gasteiger partial charge in [0.15, 0.2) is 0 Å². The molecule has 4 nitrogen and oxygen atoms in total. The molecule has 0 spiro atoms. The second-order valence-corrected chi connectivity index (χ2v) is 19.3. The van der Waals surface area contributed by atoms with E-state index in [9.17, 15) is 10.2 Å². The fraction of sp³-hybridized carbons (Fsp3) is 0.647. The van der Waals surface area contributed by atoms with E-state index in [0.29, 0.717) is 24.6 Å². The third-order valence-corrected chi connectivity index (χ3v) is 7.47. The first kappa shape index (κ1) is 38.4. The maximum absolute atomic E-state index is 11.2. The summed E-state index contributed by atoms with van der Waals surface area (Å²) in [5.74, 6) is 0.841. The fourth-order valence-electron chi connectivity index (χ4n) is 4.72. The first-order valence-corrected chi connectivity index (χ1v) is 20.8. The van der Waals surface area contributed by atoms with Gasteiger partial charge < -0.3 is 20.0 Å². The molecule has 0 fully saturated rings. The maximum atomic E-state index is 11.2. The number of phenolic OH excluding ortho intramolecular Hbond substituents is 2. The summed E-state index contributed by atoms with van der Waals surface area (Å²) in [5, 5.41) is 22.4. The normalized spacial score (nSPS) is 12.9. The minimum absolute atomic E-state index is 0.0107. The van der Waals surface area contributed by atoms with Crippen LogP contribution in [0.5, 0.6) is 11.5 Å². The van der Waals surface area contributed by atoms with Crippen molar-refractivity contribution in [3.63, 3.8) is 0 Å². The Labute approximate surface area is 270 Å². The van der Waals surface area contributed by atoms with Gasteiger partial charge in [-0.05, 0) is 58.0 Å². The van der Waals surface area contributed by atoms with Crippen LogP contribution in [-0.4, -0.2) is 47.2 Å². The molecule has 0 amide bonds. The zero-order chi connectivity index (χ0) is 32.1. The Morgan fingerprint density at radius 3 is 1.05 bits per heavy atom. The Hall–Kier alpha value is -0.577. The third kappa shape index (κ3) is 11.8. The van der Waals surface area contributed by atoms with Crippen LogP contribution in [-0.2, 0) is 55.6 Å². The van der Waals surface area contributed by atoms with Gasteiger partial charge in [0.25, 0.3) is 0 Å². The van der Waals surface area contributed by atoms with Gasteiger partial charge in [-0.25, -0.2) is 0 Å². The van der Waals surface area contributed by atoms with E-state index in [-0.39, 0.29) is 21.7 Å². The number of hydrogen-bond acceptors (Lipinski definition) is 4. The molecule has 2 aromatic rings. The van der Waals surface area contributed by atoms with Gasteiger partial charge in [-0.15, -0.1) is 0 Å². The van der Waals surface area contributed by atoms with E-state index < -0.39 is 20.8 Å². The molecule has 41 heavy (non-hydrogen) atoms. The molecule has 0 aliphatic carbocycles. The van der Waals surface area contributed by atoms with Crippen LogP contribution in [0.1, 0.15) is 116 Å². The van der Waals surface area contributed by atoms with Crippen molar-refractivity contribution < 1.29 is 31.1 Å². The van der Waals surface area contributed by atoms with Crippen LogP contribution in [0.25, 0.3) is 0 Å². The molecule has 0 aliphatic heterocycles. The van der Waals surface area contributed by atoms with Crippen LogP contribution in [0.3, 0.4) is 0 Å². The molecule has 0 heterocycles. The van der Waals surface area contributed by atoms with E-state index >= 15 is 0 Å². The number of benzene rings is 2. The molecule has 0 saturated carbocycles. The zero-order valence-corrected chi connectivity index (χ0v) is 32.2. The summed E-state index contributed by atoms with van der Waals surface area (Å²) in [5.41, 5.74) is 6.25. The van der Waals surface area contributed by atoms with Crippen molar-refractivity contribution >= 4 is 17.0 Å². The molecule has 232 valence electrons. The summed E-state index contributed by atoms with van der Waals surface area (Å²) < 4.78 is 0. The summed E-state index contributed by atoms with van der Waals surface area (Å²) in [6.45, 7) is 29.4. The van der Waals surface area contributed by atoms with Crippen molar-refractivity contribution in [2.24, 2.45) is 0 Å². The van der Waals surface area contributed by atoms with E-state index in [2.05, 4.69) is 131 Å². The van der Waals surface area contributed by atoms with Crippen LogP contribution in [0.2, 0.25) is 0 Å². The molecular formula is C34H56Cl2N2O2Zr. The summed E-state index contributed by atoms with van der Waals surface area (Å²) in [4.78, 5) is 4.55. The van der Waals surface area contributed by atoms with Gasteiger partial charge in [-0.2, -0.15) is 0 Å². The third-order valence-electron chi connectivity index (χ3n) is 7.47. The molecule has 0 atom stereocenters. The van der Waals surface area contributed by atoms with E-state index in [1.807, 2.05) is 0 Å². The van der Waals surface area contributed by atoms with Crippen molar-refractivity contribution in [1.82, 2.24) is 9.80 Å². The van der Waals surface area contributed by atoms with Crippen LogP contribution in [0.4, 0.5) is 0 Å². The molecule has 2 rings (SSSR count). The summed E-state index contributed by atoms with van der Waals surface area (Å²) >= 11 is -0.826. The predicted octanol–water partition coefficient (Wildman–Crippen LogP) is 9.23. The Bertz CT molecular complexity index is 1050.